The van der Waals surface area contributed by atoms with Gasteiger partial charge in [0.25, 0.3) is 5.88 Å². The molecule has 0 saturated carbocycles. The molecule has 3 aliphatic rings. The lowest BCUT2D eigenvalue weighted by Crippen LogP contribution is -2.57. The Bertz CT molecular complexity index is 1550. The van der Waals surface area contributed by atoms with E-state index in [1.807, 2.05) is 24.3 Å². The molecule has 5 heterocycles. The molecular weight excluding hydrogens is 608 g/mol. The van der Waals surface area contributed by atoms with E-state index in [1.165, 1.54) is 0 Å². The van der Waals surface area contributed by atoms with Crippen molar-refractivity contribution in [1.82, 2.24) is 30.1 Å². The van der Waals surface area contributed by atoms with Gasteiger partial charge in [0.15, 0.2) is 5.82 Å². The second-order valence-electron chi connectivity index (χ2n) is 13.7. The minimum Gasteiger partial charge on any atom is -0.507 e. The molecule has 3 aliphatic heterocycles. The Morgan fingerprint density at radius 3 is 2.42 bits per heavy atom. The Labute approximate surface area is 284 Å². The summed E-state index contributed by atoms with van der Waals surface area (Å²) in [5.41, 5.74) is 8.19. The molecule has 258 valence electrons. The molecular formula is C36H50N8O4. The molecule has 6 rings (SSSR count). The van der Waals surface area contributed by atoms with Crippen LogP contribution in [0, 0.1) is 17.8 Å². The summed E-state index contributed by atoms with van der Waals surface area (Å²) < 4.78 is 17.7. The van der Waals surface area contributed by atoms with Gasteiger partial charge in [-0.25, -0.2) is 0 Å². The number of nitrogens with zero attached hydrogens (tertiary/aromatic N) is 7. The molecule has 0 bridgehead atoms. The summed E-state index contributed by atoms with van der Waals surface area (Å²) in [6.45, 7) is 17.7. The average molecular weight is 659 g/mol. The van der Waals surface area contributed by atoms with E-state index in [4.69, 9.17) is 19.7 Å². The number of nitrogens with two attached hydrogens (primary N) is 1. The van der Waals surface area contributed by atoms with Gasteiger partial charge in [-0.1, -0.05) is 44.7 Å². The third kappa shape index (κ3) is 8.39. The normalized spacial score (nSPS) is 19.7. The van der Waals surface area contributed by atoms with Crippen molar-refractivity contribution in [3.05, 3.63) is 42.2 Å². The molecule has 1 aromatic carbocycles. The van der Waals surface area contributed by atoms with E-state index in [9.17, 15) is 5.11 Å². The molecule has 48 heavy (non-hydrogen) atoms. The van der Waals surface area contributed by atoms with Gasteiger partial charge in [-0.05, 0) is 42.1 Å². The van der Waals surface area contributed by atoms with Crippen LogP contribution in [0.25, 0.3) is 11.3 Å². The molecule has 3 fully saturated rings. The van der Waals surface area contributed by atoms with Crippen LogP contribution in [-0.2, 0) is 4.74 Å². The number of aromatic hydroxyl groups is 1. The topological polar surface area (TPSA) is 129 Å². The second-order valence-corrected chi connectivity index (χ2v) is 13.7. The number of rotatable bonds is 10. The van der Waals surface area contributed by atoms with E-state index in [-0.39, 0.29) is 11.4 Å². The maximum Gasteiger partial charge on any atom is 0.254 e. The van der Waals surface area contributed by atoms with Crippen LogP contribution in [0.5, 0.6) is 11.6 Å². The molecule has 0 radical (unpaired) electrons. The number of hydrogen-bond acceptors (Lipinski definition) is 12. The van der Waals surface area contributed by atoms with Crippen LogP contribution in [0.15, 0.2) is 40.9 Å². The average Bonchev–Trinajstić information content (AvgIpc) is 3.57. The van der Waals surface area contributed by atoms with E-state index >= 15 is 0 Å². The number of para-hydroxylation sites is 1. The first-order chi connectivity index (χ1) is 23.3. The largest absolute Gasteiger partial charge is 0.507 e. The van der Waals surface area contributed by atoms with Crippen LogP contribution >= 0.6 is 0 Å². The molecule has 1 atom stereocenters. The zero-order valence-electron chi connectivity index (χ0n) is 28.6. The predicted octanol–water partition coefficient (Wildman–Crippen LogP) is 3.55. The summed E-state index contributed by atoms with van der Waals surface area (Å²) >= 11 is 0. The van der Waals surface area contributed by atoms with Crippen molar-refractivity contribution in [2.24, 2.45) is 5.92 Å². The van der Waals surface area contributed by atoms with Crippen LogP contribution in [0.4, 0.5) is 11.5 Å². The van der Waals surface area contributed by atoms with Gasteiger partial charge in [0.2, 0.25) is 0 Å². The van der Waals surface area contributed by atoms with Crippen LogP contribution in [0.3, 0.4) is 0 Å². The number of anilines is 2. The maximum atomic E-state index is 10.3. The third-order valence-corrected chi connectivity index (χ3v) is 10.1. The summed E-state index contributed by atoms with van der Waals surface area (Å²) in [4.78, 5) is 9.56. The lowest BCUT2D eigenvalue weighted by atomic mass is 9.89. The molecule has 3 N–H and O–H groups in total. The van der Waals surface area contributed by atoms with Gasteiger partial charge < -0.3 is 29.7 Å². The number of phenolic OH excluding ortho intramolecular Hbond substituents is 1. The van der Waals surface area contributed by atoms with Gasteiger partial charge >= 0.3 is 0 Å². The number of piperazine rings is 1. The number of nitrogen functional groups attached to an aromatic ring is 1. The Hall–Kier alpha value is -3.89. The van der Waals surface area contributed by atoms with Crippen molar-refractivity contribution in [1.29, 1.82) is 0 Å². The zero-order valence-corrected chi connectivity index (χ0v) is 28.6. The fraction of sp³-hybridized carbons (Fsp3) is 0.583. The van der Waals surface area contributed by atoms with Gasteiger partial charge in [0.05, 0.1) is 36.7 Å². The SMILES string of the molecule is CC(C)C(C)c1cc(OCCN2CCN(CC#CCN3CCOC4(CCN(c5cc(-c6ccccc6O)nnc5N)CC4)C3)CC2)no1. The Morgan fingerprint density at radius 1 is 0.938 bits per heavy atom. The maximum absolute atomic E-state index is 10.3. The zero-order chi connectivity index (χ0) is 33.5. The number of hydrogen-bond donors (Lipinski definition) is 2. The summed E-state index contributed by atoms with van der Waals surface area (Å²) in [7, 11) is 0. The molecule has 1 spiro atoms. The monoisotopic (exact) mass is 658 g/mol. The van der Waals surface area contributed by atoms with Gasteiger partial charge in [0, 0.05) is 76.5 Å². The van der Waals surface area contributed by atoms with Crippen molar-refractivity contribution in [2.45, 2.75) is 45.1 Å². The fourth-order valence-electron chi connectivity index (χ4n) is 6.65. The minimum atomic E-state index is -0.172. The first-order valence-corrected chi connectivity index (χ1v) is 17.3. The lowest BCUT2D eigenvalue weighted by molar-refractivity contribution is -0.118. The van der Waals surface area contributed by atoms with E-state index in [2.05, 4.69) is 67.6 Å². The number of benzene rings is 1. The van der Waals surface area contributed by atoms with Crippen LogP contribution in [0.2, 0.25) is 0 Å². The van der Waals surface area contributed by atoms with E-state index < -0.39 is 0 Å². The highest BCUT2D eigenvalue weighted by atomic mass is 16.5. The summed E-state index contributed by atoms with van der Waals surface area (Å²) in [5, 5.41) is 22.8. The molecule has 0 aliphatic carbocycles. The van der Waals surface area contributed by atoms with Crippen molar-refractivity contribution in [3.8, 4) is 34.7 Å². The lowest BCUT2D eigenvalue weighted by Gasteiger charge is -2.47. The fourth-order valence-corrected chi connectivity index (χ4v) is 6.65. The number of aromatic nitrogens is 3. The number of phenols is 1. The standard InChI is InChI=1S/C36H50N8O4/c1-27(2)28(3)33-25-34(40-48-33)46-22-20-42-18-16-41(17-19-42)12-6-7-13-43-21-23-47-36(26-43)10-14-44(15-11-36)31-24-30(38-39-35(31)37)29-8-4-5-9-32(29)45/h4-5,8-9,24-25,27-28,45H,10-23,26H2,1-3H3,(H2,37,39). The van der Waals surface area contributed by atoms with Crippen molar-refractivity contribution < 1.29 is 19.1 Å². The van der Waals surface area contributed by atoms with E-state index in [0.717, 1.165) is 103 Å². The van der Waals surface area contributed by atoms with E-state index in [0.29, 0.717) is 41.4 Å². The Kier molecular flexibility index (Phi) is 11.0. The van der Waals surface area contributed by atoms with Crippen LogP contribution < -0.4 is 15.4 Å². The van der Waals surface area contributed by atoms with Gasteiger partial charge in [-0.2, -0.15) is 0 Å². The smallest absolute Gasteiger partial charge is 0.254 e. The quantitative estimate of drug-likeness (QED) is 0.309. The molecule has 1 unspecified atom stereocenters. The van der Waals surface area contributed by atoms with Crippen molar-refractivity contribution in [2.75, 3.05) is 95.8 Å². The van der Waals surface area contributed by atoms with Gasteiger partial charge in [-0.15, -0.1) is 10.2 Å². The number of morpholine rings is 1. The first kappa shape index (κ1) is 34.0. The highest BCUT2D eigenvalue weighted by Crippen LogP contribution is 2.36. The van der Waals surface area contributed by atoms with Gasteiger partial charge in [0.1, 0.15) is 18.1 Å². The number of ether oxygens (including phenoxy) is 2. The molecule has 0 amide bonds. The highest BCUT2D eigenvalue weighted by Gasteiger charge is 2.40. The van der Waals surface area contributed by atoms with Crippen molar-refractivity contribution in [3.63, 3.8) is 0 Å². The number of piperidine rings is 1. The van der Waals surface area contributed by atoms with Crippen molar-refractivity contribution >= 4 is 11.5 Å². The highest BCUT2D eigenvalue weighted by molar-refractivity contribution is 5.74. The van der Waals surface area contributed by atoms with Gasteiger partial charge in [-0.3, -0.25) is 14.7 Å². The molecule has 3 aromatic rings. The minimum absolute atomic E-state index is 0.172. The van der Waals surface area contributed by atoms with Crippen LogP contribution in [0.1, 0.15) is 45.3 Å². The van der Waals surface area contributed by atoms with Crippen LogP contribution in [-0.4, -0.2) is 126 Å². The molecule has 12 nitrogen and oxygen atoms in total. The first-order valence-electron chi connectivity index (χ1n) is 17.3. The van der Waals surface area contributed by atoms with E-state index in [1.54, 1.807) is 12.1 Å². The molecule has 3 saturated heterocycles. The summed E-state index contributed by atoms with van der Waals surface area (Å²) in [6.07, 6.45) is 1.80. The summed E-state index contributed by atoms with van der Waals surface area (Å²) in [5.74, 6) is 9.73. The Balaban J connectivity index is 0.903. The summed E-state index contributed by atoms with van der Waals surface area (Å²) in [6, 6.07) is 11.0. The molecule has 12 heteroatoms. The third-order valence-electron chi connectivity index (χ3n) is 10.1. The predicted molar refractivity (Wildman–Crippen MR) is 186 cm³/mol. The second kappa shape index (κ2) is 15.6. The Morgan fingerprint density at radius 2 is 1.67 bits per heavy atom. The molecule has 2 aromatic heterocycles.